The molecule has 0 spiro atoms. The monoisotopic (exact) mass is 280 g/mol. The van der Waals surface area contributed by atoms with Crippen molar-refractivity contribution in [3.05, 3.63) is 37.5 Å². The van der Waals surface area contributed by atoms with Gasteiger partial charge in [-0.15, -0.1) is 22.7 Å². The highest BCUT2D eigenvalue weighted by molar-refractivity contribution is 7.11. The molecule has 2 aromatic rings. The van der Waals surface area contributed by atoms with Crippen LogP contribution in [0.5, 0.6) is 0 Å². The van der Waals surface area contributed by atoms with Crippen LogP contribution in [-0.2, 0) is 13.0 Å². The summed E-state index contributed by atoms with van der Waals surface area (Å²) in [6, 6.07) is 2.55. The number of hydrogen-bond acceptors (Lipinski definition) is 4. The summed E-state index contributed by atoms with van der Waals surface area (Å²) in [5.74, 6) is 0. The molecule has 1 atom stereocenters. The number of hydrogen-bond donors (Lipinski definition) is 1. The number of nitrogens with one attached hydrogen (secondary N) is 1. The first-order valence-electron chi connectivity index (χ1n) is 6.34. The first-order chi connectivity index (χ1) is 8.61. The van der Waals surface area contributed by atoms with Gasteiger partial charge in [-0.05, 0) is 44.2 Å². The standard InChI is InChI=1S/C14H20N2S2/c1-5-12-6-7-17-13(12)8-15-9(2)14-10(3)18-11(4)16-14/h6-7,9,15H,5,8H2,1-4H3. The van der Waals surface area contributed by atoms with Crippen LogP contribution in [0.15, 0.2) is 11.4 Å². The molecule has 0 saturated carbocycles. The van der Waals surface area contributed by atoms with E-state index >= 15 is 0 Å². The second-order valence-corrected chi connectivity index (χ2v) is 6.91. The van der Waals surface area contributed by atoms with Crippen LogP contribution in [0.25, 0.3) is 0 Å². The quantitative estimate of drug-likeness (QED) is 0.886. The molecular formula is C14H20N2S2. The molecule has 0 aliphatic heterocycles. The zero-order valence-corrected chi connectivity index (χ0v) is 13.0. The number of thiazole rings is 1. The van der Waals surface area contributed by atoms with Crippen molar-refractivity contribution in [2.24, 2.45) is 0 Å². The number of nitrogens with zero attached hydrogens (tertiary/aromatic N) is 1. The third-order valence-electron chi connectivity index (χ3n) is 3.14. The lowest BCUT2D eigenvalue weighted by atomic mass is 10.2. The Morgan fingerprint density at radius 3 is 2.78 bits per heavy atom. The zero-order valence-electron chi connectivity index (χ0n) is 11.4. The smallest absolute Gasteiger partial charge is 0.0900 e. The van der Waals surface area contributed by atoms with Gasteiger partial charge in [0.05, 0.1) is 10.7 Å². The van der Waals surface area contributed by atoms with Crippen LogP contribution in [0, 0.1) is 13.8 Å². The molecule has 0 aliphatic rings. The average molecular weight is 280 g/mol. The fourth-order valence-electron chi connectivity index (χ4n) is 2.13. The molecule has 2 aromatic heterocycles. The van der Waals surface area contributed by atoms with E-state index in [0.717, 1.165) is 18.0 Å². The molecule has 2 heterocycles. The third kappa shape index (κ3) is 2.99. The Bertz CT molecular complexity index is 514. The van der Waals surface area contributed by atoms with Crippen molar-refractivity contribution in [3.8, 4) is 0 Å². The Morgan fingerprint density at radius 1 is 1.39 bits per heavy atom. The number of aromatic nitrogens is 1. The molecule has 1 unspecified atom stereocenters. The molecule has 0 fully saturated rings. The second-order valence-electron chi connectivity index (χ2n) is 4.50. The normalized spacial score (nSPS) is 12.9. The number of rotatable bonds is 5. The Hall–Kier alpha value is -0.710. The van der Waals surface area contributed by atoms with Crippen LogP contribution in [0.4, 0.5) is 0 Å². The minimum Gasteiger partial charge on any atom is -0.304 e. The van der Waals surface area contributed by atoms with Gasteiger partial charge in [-0.2, -0.15) is 0 Å². The van der Waals surface area contributed by atoms with Crippen LogP contribution in [0.1, 0.15) is 45.9 Å². The lowest BCUT2D eigenvalue weighted by Crippen LogP contribution is -2.19. The molecule has 2 nitrogen and oxygen atoms in total. The molecule has 0 aromatic carbocycles. The lowest BCUT2D eigenvalue weighted by molar-refractivity contribution is 0.563. The van der Waals surface area contributed by atoms with Crippen molar-refractivity contribution in [1.29, 1.82) is 0 Å². The minimum atomic E-state index is 0.321. The Balaban J connectivity index is 2.00. The Labute approximate surface area is 117 Å². The van der Waals surface area contributed by atoms with Gasteiger partial charge in [0.1, 0.15) is 0 Å². The van der Waals surface area contributed by atoms with E-state index in [9.17, 15) is 0 Å². The predicted octanol–water partition coefficient (Wildman–Crippen LogP) is 4.23. The molecule has 0 aliphatic carbocycles. The first-order valence-corrected chi connectivity index (χ1v) is 8.04. The van der Waals surface area contributed by atoms with Crippen LogP contribution < -0.4 is 5.32 Å². The molecular weight excluding hydrogens is 260 g/mol. The topological polar surface area (TPSA) is 24.9 Å². The highest BCUT2D eigenvalue weighted by Crippen LogP contribution is 2.24. The Kier molecular flexibility index (Phi) is 4.54. The van der Waals surface area contributed by atoms with Gasteiger partial charge in [-0.1, -0.05) is 6.92 Å². The molecule has 4 heteroatoms. The largest absolute Gasteiger partial charge is 0.304 e. The maximum absolute atomic E-state index is 4.61. The summed E-state index contributed by atoms with van der Waals surface area (Å²) >= 11 is 3.62. The van der Waals surface area contributed by atoms with Crippen molar-refractivity contribution in [3.63, 3.8) is 0 Å². The van der Waals surface area contributed by atoms with Crippen molar-refractivity contribution >= 4 is 22.7 Å². The fraction of sp³-hybridized carbons (Fsp3) is 0.500. The summed E-state index contributed by atoms with van der Waals surface area (Å²) < 4.78 is 0. The summed E-state index contributed by atoms with van der Waals surface area (Å²) in [7, 11) is 0. The first kappa shape index (κ1) is 13.7. The van der Waals surface area contributed by atoms with E-state index in [2.05, 4.69) is 49.4 Å². The summed E-state index contributed by atoms with van der Waals surface area (Å²) in [5.41, 5.74) is 2.66. The molecule has 0 saturated heterocycles. The maximum atomic E-state index is 4.61. The fourth-order valence-corrected chi connectivity index (χ4v) is 3.97. The molecule has 2 rings (SSSR count). The van der Waals surface area contributed by atoms with E-state index in [4.69, 9.17) is 0 Å². The van der Waals surface area contributed by atoms with Gasteiger partial charge in [-0.25, -0.2) is 4.98 Å². The number of thiophene rings is 1. The van der Waals surface area contributed by atoms with Gasteiger partial charge in [0.25, 0.3) is 0 Å². The van der Waals surface area contributed by atoms with Crippen molar-refractivity contribution in [1.82, 2.24) is 10.3 Å². The zero-order chi connectivity index (χ0) is 13.1. The van der Waals surface area contributed by atoms with Crippen molar-refractivity contribution in [2.75, 3.05) is 0 Å². The second kappa shape index (κ2) is 5.95. The Morgan fingerprint density at radius 2 is 2.17 bits per heavy atom. The van der Waals surface area contributed by atoms with Gasteiger partial charge < -0.3 is 5.32 Å². The molecule has 18 heavy (non-hydrogen) atoms. The summed E-state index contributed by atoms with van der Waals surface area (Å²) in [6.45, 7) is 9.57. The molecule has 0 amide bonds. The van der Waals surface area contributed by atoms with E-state index in [1.807, 2.05) is 11.3 Å². The summed E-state index contributed by atoms with van der Waals surface area (Å²) in [6.07, 6.45) is 1.11. The highest BCUT2D eigenvalue weighted by Gasteiger charge is 2.13. The molecule has 0 bridgehead atoms. The van der Waals surface area contributed by atoms with Gasteiger partial charge >= 0.3 is 0 Å². The van der Waals surface area contributed by atoms with Crippen molar-refractivity contribution < 1.29 is 0 Å². The SMILES string of the molecule is CCc1ccsc1CNC(C)c1nc(C)sc1C. The van der Waals surface area contributed by atoms with Gasteiger partial charge in [0, 0.05) is 22.3 Å². The number of aryl methyl sites for hydroxylation is 3. The summed E-state index contributed by atoms with van der Waals surface area (Å²) in [5, 5.41) is 6.92. The minimum absolute atomic E-state index is 0.321. The van der Waals surface area contributed by atoms with Crippen LogP contribution in [-0.4, -0.2) is 4.98 Å². The predicted molar refractivity (Wildman–Crippen MR) is 80.5 cm³/mol. The van der Waals surface area contributed by atoms with E-state index < -0.39 is 0 Å². The molecule has 0 radical (unpaired) electrons. The summed E-state index contributed by atoms with van der Waals surface area (Å²) in [4.78, 5) is 7.39. The van der Waals surface area contributed by atoms with Crippen LogP contribution >= 0.6 is 22.7 Å². The lowest BCUT2D eigenvalue weighted by Gasteiger charge is -2.12. The average Bonchev–Trinajstić information content (AvgIpc) is 2.92. The van der Waals surface area contributed by atoms with Crippen LogP contribution in [0.2, 0.25) is 0 Å². The molecule has 98 valence electrons. The van der Waals surface area contributed by atoms with Crippen molar-refractivity contribution in [2.45, 2.75) is 46.7 Å². The molecule has 1 N–H and O–H groups in total. The van der Waals surface area contributed by atoms with E-state index in [-0.39, 0.29) is 0 Å². The van der Waals surface area contributed by atoms with E-state index in [0.29, 0.717) is 6.04 Å². The van der Waals surface area contributed by atoms with Crippen LogP contribution in [0.3, 0.4) is 0 Å². The van der Waals surface area contributed by atoms with E-state index in [1.54, 1.807) is 11.3 Å². The maximum Gasteiger partial charge on any atom is 0.0900 e. The third-order valence-corrected chi connectivity index (χ3v) is 5.00. The van der Waals surface area contributed by atoms with Gasteiger partial charge in [-0.3, -0.25) is 0 Å². The van der Waals surface area contributed by atoms with E-state index in [1.165, 1.54) is 21.0 Å². The highest BCUT2D eigenvalue weighted by atomic mass is 32.1. The van der Waals surface area contributed by atoms with Gasteiger partial charge in [0.15, 0.2) is 0 Å². The van der Waals surface area contributed by atoms with Gasteiger partial charge in [0.2, 0.25) is 0 Å².